The summed E-state index contributed by atoms with van der Waals surface area (Å²) in [6, 6.07) is 6.58. The Hall–Kier alpha value is -3.01. The van der Waals surface area contributed by atoms with Gasteiger partial charge in [0.25, 0.3) is 5.91 Å². The zero-order valence-electron chi connectivity index (χ0n) is 16.9. The monoisotopic (exact) mass is 448 g/mol. The summed E-state index contributed by atoms with van der Waals surface area (Å²) in [4.78, 5) is 14.5. The maximum absolute atomic E-state index is 14.4. The Bertz CT molecular complexity index is 1240. The lowest BCUT2D eigenvalue weighted by Gasteiger charge is -2.27. The molecule has 164 valence electrons. The maximum Gasteiger partial charge on any atom is 0.268 e. The average Bonchev–Trinajstić information content (AvgIpc) is 3.35. The first-order valence-electron chi connectivity index (χ1n) is 10.0. The molecule has 0 bridgehead atoms. The fourth-order valence-electron chi connectivity index (χ4n) is 4.01. The number of nitrogens with one attached hydrogen (secondary N) is 1. The SMILES string of the molecule is CCCS(=O)(=O)NC(=O)c1cnn2ccc(N3CCC[C@@H]3c3cc(F)ccc3F)cc12. The number of nitrogens with zero attached hydrogens (tertiary/aromatic N) is 3. The van der Waals surface area contributed by atoms with Gasteiger partial charge in [0.05, 0.1) is 29.1 Å². The summed E-state index contributed by atoms with van der Waals surface area (Å²) in [5.41, 5.74) is 1.54. The second-order valence-corrected chi connectivity index (χ2v) is 9.38. The van der Waals surface area contributed by atoms with Crippen LogP contribution in [-0.4, -0.2) is 36.2 Å². The van der Waals surface area contributed by atoms with Crippen molar-refractivity contribution in [2.45, 2.75) is 32.2 Å². The molecule has 1 aliphatic heterocycles. The number of hydrogen-bond donors (Lipinski definition) is 1. The van der Waals surface area contributed by atoms with Gasteiger partial charge in [-0.05, 0) is 49.6 Å². The summed E-state index contributed by atoms with van der Waals surface area (Å²) in [6.07, 6.45) is 4.80. The van der Waals surface area contributed by atoms with Crippen molar-refractivity contribution in [3.05, 3.63) is 65.5 Å². The number of sulfonamides is 1. The number of hydrogen-bond acceptors (Lipinski definition) is 5. The number of amides is 1. The summed E-state index contributed by atoms with van der Waals surface area (Å²) >= 11 is 0. The van der Waals surface area contributed by atoms with Crippen LogP contribution in [0.5, 0.6) is 0 Å². The number of halogens is 2. The molecule has 7 nitrogen and oxygen atoms in total. The number of pyridine rings is 1. The molecule has 3 heterocycles. The molecule has 1 atom stereocenters. The number of aromatic nitrogens is 2. The van der Waals surface area contributed by atoms with Crippen molar-refractivity contribution in [1.82, 2.24) is 14.3 Å². The zero-order chi connectivity index (χ0) is 22.2. The van der Waals surface area contributed by atoms with Crippen molar-refractivity contribution in [3.8, 4) is 0 Å². The van der Waals surface area contributed by atoms with Crippen molar-refractivity contribution in [1.29, 1.82) is 0 Å². The third-order valence-electron chi connectivity index (χ3n) is 5.37. The Morgan fingerprint density at radius 1 is 1.26 bits per heavy atom. The van der Waals surface area contributed by atoms with Crippen LogP contribution < -0.4 is 9.62 Å². The number of carbonyl (C=O) groups is 1. The zero-order valence-corrected chi connectivity index (χ0v) is 17.7. The minimum Gasteiger partial charge on any atom is -0.364 e. The van der Waals surface area contributed by atoms with Crippen molar-refractivity contribution in [3.63, 3.8) is 0 Å². The fraction of sp³-hybridized carbons (Fsp3) is 0.333. The summed E-state index contributed by atoms with van der Waals surface area (Å²) in [7, 11) is -3.73. The first-order chi connectivity index (χ1) is 14.8. The normalized spacial score (nSPS) is 16.7. The van der Waals surface area contributed by atoms with Crippen LogP contribution in [0, 0.1) is 11.6 Å². The minimum absolute atomic E-state index is 0.120. The third kappa shape index (κ3) is 4.25. The van der Waals surface area contributed by atoms with Crippen LogP contribution in [0.2, 0.25) is 0 Å². The largest absolute Gasteiger partial charge is 0.364 e. The van der Waals surface area contributed by atoms with Crippen LogP contribution >= 0.6 is 0 Å². The molecule has 4 rings (SSSR count). The Morgan fingerprint density at radius 3 is 2.84 bits per heavy atom. The first-order valence-corrected chi connectivity index (χ1v) is 11.7. The van der Waals surface area contributed by atoms with Gasteiger partial charge >= 0.3 is 0 Å². The van der Waals surface area contributed by atoms with E-state index < -0.39 is 27.6 Å². The highest BCUT2D eigenvalue weighted by Crippen LogP contribution is 2.38. The molecule has 0 aliphatic carbocycles. The van der Waals surface area contributed by atoms with Crippen molar-refractivity contribution < 1.29 is 22.0 Å². The van der Waals surface area contributed by atoms with Crippen LogP contribution in [0.4, 0.5) is 14.5 Å². The lowest BCUT2D eigenvalue weighted by molar-refractivity contribution is 0.0983. The van der Waals surface area contributed by atoms with E-state index in [1.165, 1.54) is 16.8 Å². The molecule has 1 fully saturated rings. The summed E-state index contributed by atoms with van der Waals surface area (Å²) in [6.45, 7) is 2.34. The highest BCUT2D eigenvalue weighted by atomic mass is 32.2. The van der Waals surface area contributed by atoms with Gasteiger partial charge in [-0.15, -0.1) is 0 Å². The van der Waals surface area contributed by atoms with E-state index in [9.17, 15) is 22.0 Å². The van der Waals surface area contributed by atoms with Gasteiger partial charge in [0, 0.05) is 24.0 Å². The molecule has 1 aliphatic rings. The van der Waals surface area contributed by atoms with Crippen molar-refractivity contribution in [2.75, 3.05) is 17.2 Å². The van der Waals surface area contributed by atoms with Gasteiger partial charge in [-0.25, -0.2) is 26.4 Å². The molecular weight excluding hydrogens is 426 g/mol. The van der Waals surface area contributed by atoms with E-state index in [0.717, 1.165) is 18.6 Å². The van der Waals surface area contributed by atoms with Gasteiger partial charge in [0.15, 0.2) is 0 Å². The first kappa shape index (κ1) is 21.2. The number of carbonyl (C=O) groups excluding carboxylic acids is 1. The topological polar surface area (TPSA) is 83.8 Å². The molecular formula is C21H22F2N4O3S. The molecule has 1 saturated heterocycles. The van der Waals surface area contributed by atoms with E-state index in [0.29, 0.717) is 30.6 Å². The Labute approximate surface area is 178 Å². The van der Waals surface area contributed by atoms with E-state index in [1.807, 2.05) is 4.90 Å². The highest BCUT2D eigenvalue weighted by Gasteiger charge is 2.29. The molecule has 0 saturated carbocycles. The standard InChI is InChI=1S/C21H22F2N4O3S/c1-2-10-31(29,30)25-21(28)17-13-24-27-9-7-15(12-20(17)27)26-8-3-4-19(26)16-11-14(22)5-6-18(16)23/h5-7,9,11-13,19H,2-4,8,10H2,1H3,(H,25,28)/t19-/m1/s1. The third-order valence-corrected chi connectivity index (χ3v) is 6.81. The molecule has 0 spiro atoms. The van der Waals surface area contributed by atoms with E-state index in [4.69, 9.17) is 0 Å². The second kappa shape index (κ2) is 8.26. The van der Waals surface area contributed by atoms with Crippen molar-refractivity contribution in [2.24, 2.45) is 0 Å². The van der Waals surface area contributed by atoms with Crippen LogP contribution in [0.15, 0.2) is 42.7 Å². The predicted molar refractivity (Wildman–Crippen MR) is 112 cm³/mol. The van der Waals surface area contributed by atoms with Crippen molar-refractivity contribution >= 4 is 27.1 Å². The maximum atomic E-state index is 14.4. The van der Waals surface area contributed by atoms with Crippen LogP contribution in [-0.2, 0) is 10.0 Å². The fourth-order valence-corrected chi connectivity index (χ4v) is 5.04. The Morgan fingerprint density at radius 2 is 2.06 bits per heavy atom. The quantitative estimate of drug-likeness (QED) is 0.625. The molecule has 2 aromatic heterocycles. The molecule has 0 radical (unpaired) electrons. The molecule has 3 aromatic rings. The van der Waals surface area contributed by atoms with Gasteiger partial charge in [-0.2, -0.15) is 5.10 Å². The number of anilines is 1. The Kier molecular flexibility index (Phi) is 5.65. The highest BCUT2D eigenvalue weighted by molar-refractivity contribution is 7.90. The molecule has 10 heteroatoms. The van der Waals surface area contributed by atoms with Crippen LogP contribution in [0.1, 0.15) is 48.1 Å². The van der Waals surface area contributed by atoms with E-state index in [-0.39, 0.29) is 22.9 Å². The molecule has 0 unspecified atom stereocenters. The lowest BCUT2D eigenvalue weighted by atomic mass is 10.0. The van der Waals surface area contributed by atoms with Gasteiger partial charge in [0.2, 0.25) is 10.0 Å². The smallest absolute Gasteiger partial charge is 0.268 e. The van der Waals surface area contributed by atoms with E-state index in [2.05, 4.69) is 9.82 Å². The number of fused-ring (bicyclic) bond motifs is 1. The molecule has 31 heavy (non-hydrogen) atoms. The van der Waals surface area contributed by atoms with Crippen LogP contribution in [0.25, 0.3) is 5.52 Å². The molecule has 1 amide bonds. The predicted octanol–water partition coefficient (Wildman–Crippen LogP) is 3.42. The number of benzene rings is 1. The summed E-state index contributed by atoms with van der Waals surface area (Å²) < 4.78 is 55.6. The molecule has 1 aromatic carbocycles. The minimum atomic E-state index is -3.73. The van der Waals surface area contributed by atoms with Gasteiger partial charge in [-0.1, -0.05) is 6.92 Å². The van der Waals surface area contributed by atoms with E-state index >= 15 is 0 Å². The van der Waals surface area contributed by atoms with Gasteiger partial charge in [0.1, 0.15) is 11.6 Å². The van der Waals surface area contributed by atoms with Gasteiger partial charge < -0.3 is 4.90 Å². The number of rotatable bonds is 6. The average molecular weight is 448 g/mol. The Balaban J connectivity index is 1.68. The molecule has 1 N–H and O–H groups in total. The van der Waals surface area contributed by atoms with Crippen LogP contribution in [0.3, 0.4) is 0 Å². The van der Waals surface area contributed by atoms with Gasteiger partial charge in [-0.3, -0.25) is 4.79 Å². The van der Waals surface area contributed by atoms with E-state index in [1.54, 1.807) is 25.3 Å². The summed E-state index contributed by atoms with van der Waals surface area (Å²) in [5, 5.41) is 4.12. The lowest BCUT2D eigenvalue weighted by Crippen LogP contribution is -2.32. The summed E-state index contributed by atoms with van der Waals surface area (Å²) in [5.74, 6) is -1.88. The second-order valence-electron chi connectivity index (χ2n) is 7.54.